The van der Waals surface area contributed by atoms with Crippen LogP contribution in [0.3, 0.4) is 0 Å². The van der Waals surface area contributed by atoms with Gasteiger partial charge in [0, 0.05) is 21.7 Å². The Morgan fingerprint density at radius 1 is 1.00 bits per heavy atom. The van der Waals surface area contributed by atoms with Gasteiger partial charge in [0.2, 0.25) is 15.9 Å². The normalized spacial score (nSPS) is 11.5. The Kier molecular flexibility index (Phi) is 7.31. The average molecular weight is 508 g/mol. The fraction of sp³-hybridized carbons (Fsp3) is 0.136. The van der Waals surface area contributed by atoms with E-state index in [-0.39, 0.29) is 18.0 Å². The molecule has 1 N–H and O–H groups in total. The van der Waals surface area contributed by atoms with Crippen molar-refractivity contribution in [3.8, 4) is 0 Å². The second-order valence-electron chi connectivity index (χ2n) is 6.67. The van der Waals surface area contributed by atoms with Crippen LogP contribution in [0.5, 0.6) is 0 Å². The topological polar surface area (TPSA) is 66.5 Å². The van der Waals surface area contributed by atoms with Crippen molar-refractivity contribution in [2.45, 2.75) is 18.4 Å². The van der Waals surface area contributed by atoms with E-state index in [0.29, 0.717) is 10.7 Å². The molecule has 0 fully saturated rings. The van der Waals surface area contributed by atoms with Crippen molar-refractivity contribution in [3.63, 3.8) is 0 Å². The molecule has 0 saturated heterocycles. The molecule has 5 nitrogen and oxygen atoms in total. The number of sulfonamides is 1. The number of carbonyl (C=O) groups is 1. The van der Waals surface area contributed by atoms with Gasteiger partial charge in [-0.15, -0.1) is 0 Å². The summed E-state index contributed by atoms with van der Waals surface area (Å²) in [5.74, 6) is -0.447. The van der Waals surface area contributed by atoms with Crippen molar-refractivity contribution in [1.82, 2.24) is 4.31 Å². The van der Waals surface area contributed by atoms with Gasteiger partial charge in [0.15, 0.2) is 0 Å². The highest BCUT2D eigenvalue weighted by Crippen LogP contribution is 2.24. The van der Waals surface area contributed by atoms with E-state index in [4.69, 9.17) is 11.6 Å². The molecule has 0 aliphatic carbocycles. The van der Waals surface area contributed by atoms with Crippen LogP contribution in [-0.2, 0) is 21.4 Å². The minimum Gasteiger partial charge on any atom is -0.325 e. The average Bonchev–Trinajstić information content (AvgIpc) is 2.73. The molecule has 0 radical (unpaired) electrons. The van der Waals surface area contributed by atoms with Gasteiger partial charge in [-0.1, -0.05) is 63.9 Å². The molecule has 0 aromatic heterocycles. The third-order valence-corrected chi connectivity index (χ3v) is 7.26. The summed E-state index contributed by atoms with van der Waals surface area (Å²) in [7, 11) is -3.88. The molecular formula is C22H20BrClN2O3S. The molecule has 156 valence electrons. The zero-order valence-electron chi connectivity index (χ0n) is 16.2. The third kappa shape index (κ3) is 5.49. The predicted octanol–water partition coefficient (Wildman–Crippen LogP) is 5.24. The number of hydrogen-bond donors (Lipinski definition) is 1. The molecule has 8 heteroatoms. The minimum atomic E-state index is -3.88. The second kappa shape index (κ2) is 9.75. The zero-order chi connectivity index (χ0) is 21.7. The second-order valence-corrected chi connectivity index (χ2v) is 9.93. The van der Waals surface area contributed by atoms with E-state index in [1.54, 1.807) is 43.3 Å². The van der Waals surface area contributed by atoms with Crippen LogP contribution in [0.25, 0.3) is 0 Å². The molecule has 0 unspecified atom stereocenters. The summed E-state index contributed by atoms with van der Waals surface area (Å²) in [5, 5.41) is 3.29. The lowest BCUT2D eigenvalue weighted by Crippen LogP contribution is -2.37. The van der Waals surface area contributed by atoms with Crippen molar-refractivity contribution in [2.24, 2.45) is 0 Å². The van der Waals surface area contributed by atoms with Gasteiger partial charge in [-0.2, -0.15) is 4.31 Å². The van der Waals surface area contributed by atoms with E-state index in [9.17, 15) is 13.2 Å². The molecule has 3 aromatic carbocycles. The first-order valence-electron chi connectivity index (χ1n) is 9.12. The van der Waals surface area contributed by atoms with Gasteiger partial charge in [-0.05, 0) is 54.4 Å². The van der Waals surface area contributed by atoms with E-state index in [1.165, 1.54) is 16.4 Å². The molecule has 0 bridgehead atoms. The summed E-state index contributed by atoms with van der Waals surface area (Å²) in [5.41, 5.74) is 2.04. The lowest BCUT2D eigenvalue weighted by molar-refractivity contribution is -0.116. The molecule has 0 spiro atoms. The Morgan fingerprint density at radius 2 is 1.67 bits per heavy atom. The van der Waals surface area contributed by atoms with Crippen LogP contribution >= 0.6 is 27.5 Å². The first-order chi connectivity index (χ1) is 14.3. The molecule has 0 aliphatic rings. The highest BCUT2D eigenvalue weighted by molar-refractivity contribution is 9.10. The highest BCUT2D eigenvalue weighted by atomic mass is 79.9. The molecule has 3 rings (SSSR count). The number of carbonyl (C=O) groups excluding carboxylic acids is 1. The van der Waals surface area contributed by atoms with Crippen LogP contribution in [0.15, 0.2) is 82.2 Å². The molecule has 0 aliphatic heterocycles. The van der Waals surface area contributed by atoms with Gasteiger partial charge in [0.05, 0.1) is 11.4 Å². The van der Waals surface area contributed by atoms with Crippen molar-refractivity contribution < 1.29 is 13.2 Å². The Hall–Kier alpha value is -2.19. The largest absolute Gasteiger partial charge is 0.325 e. The van der Waals surface area contributed by atoms with Gasteiger partial charge in [-0.3, -0.25) is 4.79 Å². The lowest BCUT2D eigenvalue weighted by Gasteiger charge is -2.22. The smallest absolute Gasteiger partial charge is 0.243 e. The SMILES string of the molecule is Cc1c(Cl)cccc1NC(=O)CN(Cc1ccc(Br)cc1)S(=O)(=O)c1ccccc1. The number of anilines is 1. The van der Waals surface area contributed by atoms with Crippen LogP contribution < -0.4 is 5.32 Å². The summed E-state index contributed by atoms with van der Waals surface area (Å²) in [6.07, 6.45) is 0. The van der Waals surface area contributed by atoms with E-state index in [1.807, 2.05) is 24.3 Å². The van der Waals surface area contributed by atoms with E-state index < -0.39 is 15.9 Å². The molecule has 0 saturated carbocycles. The molecule has 1 amide bonds. The Balaban J connectivity index is 1.87. The molecule has 0 atom stereocenters. The first-order valence-corrected chi connectivity index (χ1v) is 11.7. The summed E-state index contributed by atoms with van der Waals surface area (Å²) < 4.78 is 28.5. The van der Waals surface area contributed by atoms with Crippen molar-refractivity contribution >= 4 is 49.1 Å². The van der Waals surface area contributed by atoms with E-state index in [2.05, 4.69) is 21.2 Å². The van der Waals surface area contributed by atoms with E-state index >= 15 is 0 Å². The Morgan fingerprint density at radius 3 is 2.33 bits per heavy atom. The molecule has 30 heavy (non-hydrogen) atoms. The van der Waals surface area contributed by atoms with Crippen LogP contribution in [-0.4, -0.2) is 25.2 Å². The monoisotopic (exact) mass is 506 g/mol. The fourth-order valence-electron chi connectivity index (χ4n) is 2.85. The highest BCUT2D eigenvalue weighted by Gasteiger charge is 2.27. The standard InChI is InChI=1S/C22H20BrClN2O3S/c1-16-20(24)8-5-9-21(16)25-22(27)15-26(14-17-10-12-18(23)13-11-17)30(28,29)19-6-3-2-4-7-19/h2-13H,14-15H2,1H3,(H,25,27). The number of hydrogen-bond acceptors (Lipinski definition) is 3. The third-order valence-electron chi connectivity index (χ3n) is 4.51. The number of benzene rings is 3. The number of amides is 1. The fourth-order valence-corrected chi connectivity index (χ4v) is 4.70. The van der Waals surface area contributed by atoms with Gasteiger partial charge in [0.25, 0.3) is 0 Å². The summed E-state index contributed by atoms with van der Waals surface area (Å²) in [6, 6.07) is 20.6. The molecular weight excluding hydrogens is 488 g/mol. The minimum absolute atomic E-state index is 0.0620. The molecule has 3 aromatic rings. The van der Waals surface area contributed by atoms with Crippen LogP contribution in [0, 0.1) is 6.92 Å². The van der Waals surface area contributed by atoms with Crippen molar-refractivity contribution in [2.75, 3.05) is 11.9 Å². The number of rotatable bonds is 7. The van der Waals surface area contributed by atoms with Crippen LogP contribution in [0.2, 0.25) is 5.02 Å². The van der Waals surface area contributed by atoms with Gasteiger partial charge in [-0.25, -0.2) is 8.42 Å². The van der Waals surface area contributed by atoms with Crippen molar-refractivity contribution in [3.05, 3.63) is 93.4 Å². The van der Waals surface area contributed by atoms with Crippen LogP contribution in [0.1, 0.15) is 11.1 Å². The summed E-state index contributed by atoms with van der Waals surface area (Å²) >= 11 is 9.49. The maximum atomic E-state index is 13.2. The predicted molar refractivity (Wildman–Crippen MR) is 123 cm³/mol. The van der Waals surface area contributed by atoms with Gasteiger partial charge in [0.1, 0.15) is 0 Å². The molecule has 0 heterocycles. The van der Waals surface area contributed by atoms with Crippen LogP contribution in [0.4, 0.5) is 5.69 Å². The summed E-state index contributed by atoms with van der Waals surface area (Å²) in [6.45, 7) is 1.52. The zero-order valence-corrected chi connectivity index (χ0v) is 19.3. The number of nitrogens with zero attached hydrogens (tertiary/aromatic N) is 1. The maximum absolute atomic E-state index is 13.2. The number of nitrogens with one attached hydrogen (secondary N) is 1. The van der Waals surface area contributed by atoms with E-state index in [0.717, 1.165) is 15.6 Å². The number of halogens is 2. The van der Waals surface area contributed by atoms with Gasteiger partial charge < -0.3 is 5.32 Å². The van der Waals surface area contributed by atoms with Gasteiger partial charge >= 0.3 is 0 Å². The maximum Gasteiger partial charge on any atom is 0.243 e. The lowest BCUT2D eigenvalue weighted by atomic mass is 10.2. The quantitative estimate of drug-likeness (QED) is 0.475. The van der Waals surface area contributed by atoms with Crippen molar-refractivity contribution in [1.29, 1.82) is 0 Å². The summed E-state index contributed by atoms with van der Waals surface area (Å²) in [4.78, 5) is 12.9. The first kappa shape index (κ1) is 22.5. The Labute approximate surface area is 189 Å². The Bertz CT molecular complexity index is 1140.